The number of alkyl carbamates (subject to hydrolysis) is 1. The van der Waals surface area contributed by atoms with E-state index in [0.717, 1.165) is 46.6 Å². The maximum Gasteiger partial charge on any atom is 0.407 e. The number of alkyl halides is 1. The molecule has 0 radical (unpaired) electrons. The van der Waals surface area contributed by atoms with Crippen LogP contribution in [0.5, 0.6) is 0 Å². The lowest BCUT2D eigenvalue weighted by atomic mass is 9.95. The molecule has 282 valence electrons. The van der Waals surface area contributed by atoms with Crippen molar-refractivity contribution < 1.29 is 33.4 Å². The first-order valence-corrected chi connectivity index (χ1v) is 18.6. The summed E-state index contributed by atoms with van der Waals surface area (Å²) < 4.78 is 14.8. The van der Waals surface area contributed by atoms with Gasteiger partial charge in [-0.2, -0.15) is 0 Å². The predicted octanol–water partition coefficient (Wildman–Crippen LogP) is 6.22. The van der Waals surface area contributed by atoms with Crippen molar-refractivity contribution in [1.29, 1.82) is 0 Å². The molecule has 53 heavy (non-hydrogen) atoms. The van der Waals surface area contributed by atoms with Crippen molar-refractivity contribution >= 4 is 74.3 Å². The van der Waals surface area contributed by atoms with E-state index >= 15 is 0 Å². The summed E-state index contributed by atoms with van der Waals surface area (Å²) in [5.74, 6) is -2.05. The van der Waals surface area contributed by atoms with E-state index in [2.05, 4.69) is 20.5 Å². The number of nitrogens with one attached hydrogen (secondary N) is 3. The number of imide groups is 1. The number of amides is 4. The van der Waals surface area contributed by atoms with Crippen molar-refractivity contribution in [2.45, 2.75) is 83.9 Å². The van der Waals surface area contributed by atoms with E-state index in [1.807, 2.05) is 72.5 Å². The van der Waals surface area contributed by atoms with Crippen molar-refractivity contribution in [3.8, 4) is 0 Å². The monoisotopic (exact) mass is 745 g/mol. The SMILES string of the molecule is Cn1cc(C2=C(c3cn(CCCCCCOC(=O)C(CCCCNC(=O)OC(C)(C)C)NC(=O)CCl)c4ccccc34)C(=O)NC2=O)c2ccccc21. The normalized spacial score (nSPS) is 13.8. The Kier molecular flexibility index (Phi) is 13.0. The minimum absolute atomic E-state index is 0.219. The van der Waals surface area contributed by atoms with Crippen LogP contribution in [-0.4, -0.2) is 69.6 Å². The van der Waals surface area contributed by atoms with Gasteiger partial charge in [-0.3, -0.25) is 19.7 Å². The summed E-state index contributed by atoms with van der Waals surface area (Å²) in [6, 6.07) is 14.9. The Morgan fingerprint density at radius 1 is 0.830 bits per heavy atom. The molecule has 1 aliphatic heterocycles. The fourth-order valence-electron chi connectivity index (χ4n) is 6.61. The molecule has 13 heteroatoms. The minimum Gasteiger partial charge on any atom is -0.464 e. The lowest BCUT2D eigenvalue weighted by Crippen LogP contribution is -2.42. The zero-order valence-electron chi connectivity index (χ0n) is 30.8. The van der Waals surface area contributed by atoms with Crippen molar-refractivity contribution in [2.75, 3.05) is 19.0 Å². The van der Waals surface area contributed by atoms with Gasteiger partial charge in [-0.25, -0.2) is 9.59 Å². The molecule has 0 spiro atoms. The van der Waals surface area contributed by atoms with Crippen molar-refractivity contribution in [3.63, 3.8) is 0 Å². The molecule has 1 atom stereocenters. The average molecular weight is 746 g/mol. The van der Waals surface area contributed by atoms with Crippen LogP contribution in [0.1, 0.15) is 76.8 Å². The van der Waals surface area contributed by atoms with Gasteiger partial charge in [-0.05, 0) is 71.4 Å². The van der Waals surface area contributed by atoms with Gasteiger partial charge in [0.15, 0.2) is 0 Å². The lowest BCUT2D eigenvalue weighted by molar-refractivity contribution is -0.148. The van der Waals surface area contributed by atoms with Crippen LogP contribution in [0.3, 0.4) is 0 Å². The molecule has 0 aliphatic carbocycles. The molecule has 0 saturated carbocycles. The van der Waals surface area contributed by atoms with Gasteiger partial charge in [0.25, 0.3) is 11.8 Å². The van der Waals surface area contributed by atoms with E-state index in [1.165, 1.54) is 0 Å². The molecule has 1 aliphatic rings. The third-order valence-corrected chi connectivity index (χ3v) is 9.26. The largest absolute Gasteiger partial charge is 0.464 e. The maximum absolute atomic E-state index is 13.3. The lowest BCUT2D eigenvalue weighted by Gasteiger charge is -2.20. The molecule has 0 bridgehead atoms. The molecule has 0 fully saturated rings. The number of rotatable bonds is 17. The number of fused-ring (bicyclic) bond motifs is 2. The van der Waals surface area contributed by atoms with Gasteiger partial charge in [0.05, 0.1) is 17.8 Å². The standard InChI is InChI=1S/C40H48ClN5O7/c1-40(2,3)53-39(51)42-20-12-11-17-30(43-33(47)23-41)38(50)52-22-14-6-5-13-21-46-25-29(27-16-8-10-19-32(27)46)35-34(36(48)44-37(35)49)28-24-45(4)31-18-9-7-15-26(28)31/h7-10,15-16,18-19,24-25,30H,5-6,11-14,17,20-23H2,1-4H3,(H,42,51)(H,43,47)(H,44,48,49). The number of hydrogen-bond acceptors (Lipinski definition) is 7. The van der Waals surface area contributed by atoms with Gasteiger partial charge in [0.1, 0.15) is 17.5 Å². The first kappa shape index (κ1) is 39.1. The number of carbonyl (C=O) groups is 5. The van der Waals surface area contributed by atoms with E-state index in [4.69, 9.17) is 21.1 Å². The number of carbonyl (C=O) groups excluding carboxylic acids is 5. The molecular weight excluding hydrogens is 698 g/mol. The van der Waals surface area contributed by atoms with Gasteiger partial charge in [0, 0.05) is 65.5 Å². The number of aryl methyl sites for hydroxylation is 2. The highest BCUT2D eigenvalue weighted by Crippen LogP contribution is 2.38. The Morgan fingerprint density at radius 3 is 2.13 bits per heavy atom. The summed E-state index contributed by atoms with van der Waals surface area (Å²) >= 11 is 5.66. The molecule has 4 aromatic rings. The molecule has 3 N–H and O–H groups in total. The summed E-state index contributed by atoms with van der Waals surface area (Å²) in [6.07, 6.45) is 8.06. The highest BCUT2D eigenvalue weighted by molar-refractivity contribution is 6.50. The number of aromatic nitrogens is 2. The molecular formula is C40H48ClN5O7. The molecule has 3 heterocycles. The van der Waals surface area contributed by atoms with Crippen LogP contribution in [0.25, 0.3) is 33.0 Å². The van der Waals surface area contributed by atoms with Crippen LogP contribution in [-0.2, 0) is 42.2 Å². The first-order chi connectivity index (χ1) is 25.4. The number of ether oxygens (including phenoxy) is 2. The second kappa shape index (κ2) is 17.6. The summed E-state index contributed by atoms with van der Waals surface area (Å²) in [7, 11) is 1.93. The zero-order chi connectivity index (χ0) is 38.1. The van der Waals surface area contributed by atoms with Crippen molar-refractivity contribution in [2.24, 2.45) is 7.05 Å². The van der Waals surface area contributed by atoms with Gasteiger partial charge >= 0.3 is 12.1 Å². The van der Waals surface area contributed by atoms with Gasteiger partial charge < -0.3 is 29.2 Å². The fraction of sp³-hybridized carbons (Fsp3) is 0.425. The zero-order valence-corrected chi connectivity index (χ0v) is 31.5. The number of esters is 1. The van der Waals surface area contributed by atoms with Crippen LogP contribution < -0.4 is 16.0 Å². The van der Waals surface area contributed by atoms with E-state index < -0.39 is 41.4 Å². The smallest absolute Gasteiger partial charge is 0.407 e. The predicted molar refractivity (Wildman–Crippen MR) is 205 cm³/mol. The van der Waals surface area contributed by atoms with E-state index in [1.54, 1.807) is 20.8 Å². The first-order valence-electron chi connectivity index (χ1n) is 18.1. The Balaban J connectivity index is 1.14. The Hall–Kier alpha value is -5.10. The third-order valence-electron chi connectivity index (χ3n) is 9.02. The molecule has 12 nitrogen and oxygen atoms in total. The molecule has 0 saturated heterocycles. The fourth-order valence-corrected chi connectivity index (χ4v) is 6.69. The second-order valence-corrected chi connectivity index (χ2v) is 14.5. The average Bonchev–Trinajstić information content (AvgIpc) is 3.75. The number of nitrogens with zero attached hydrogens (tertiary/aromatic N) is 2. The van der Waals surface area contributed by atoms with Crippen LogP contribution in [0.2, 0.25) is 0 Å². The molecule has 1 unspecified atom stereocenters. The summed E-state index contributed by atoms with van der Waals surface area (Å²) in [5, 5.41) is 9.65. The quantitative estimate of drug-likeness (QED) is 0.0503. The highest BCUT2D eigenvalue weighted by atomic mass is 35.5. The number of para-hydroxylation sites is 2. The summed E-state index contributed by atoms with van der Waals surface area (Å²) in [4.78, 5) is 63.2. The number of benzene rings is 2. The van der Waals surface area contributed by atoms with Crippen LogP contribution in [0, 0.1) is 0 Å². The maximum atomic E-state index is 13.3. The van der Waals surface area contributed by atoms with Gasteiger partial charge in [0.2, 0.25) is 5.91 Å². The Labute approximate surface area is 314 Å². The van der Waals surface area contributed by atoms with Crippen LogP contribution in [0.4, 0.5) is 4.79 Å². The Morgan fingerprint density at radius 2 is 1.45 bits per heavy atom. The number of halogens is 1. The molecule has 4 amide bonds. The van der Waals surface area contributed by atoms with Gasteiger partial charge in [-0.15, -0.1) is 11.6 Å². The van der Waals surface area contributed by atoms with Crippen LogP contribution >= 0.6 is 11.6 Å². The number of unbranched alkanes of at least 4 members (excludes halogenated alkanes) is 4. The van der Waals surface area contributed by atoms with Crippen molar-refractivity contribution in [1.82, 2.24) is 25.1 Å². The topological polar surface area (TPSA) is 150 Å². The number of hydrogen-bond donors (Lipinski definition) is 3. The van der Waals surface area contributed by atoms with E-state index in [-0.39, 0.29) is 12.5 Å². The van der Waals surface area contributed by atoms with E-state index in [9.17, 15) is 24.0 Å². The molecule has 2 aromatic heterocycles. The molecule has 5 rings (SSSR count). The van der Waals surface area contributed by atoms with Gasteiger partial charge in [-0.1, -0.05) is 42.8 Å². The van der Waals surface area contributed by atoms with Crippen molar-refractivity contribution in [3.05, 3.63) is 72.1 Å². The molecule has 2 aromatic carbocycles. The third kappa shape index (κ3) is 9.87. The Bertz CT molecular complexity index is 2020. The summed E-state index contributed by atoms with van der Waals surface area (Å²) in [5.41, 5.74) is 3.55. The highest BCUT2D eigenvalue weighted by Gasteiger charge is 2.35. The summed E-state index contributed by atoms with van der Waals surface area (Å²) in [6.45, 7) is 6.65. The second-order valence-electron chi connectivity index (χ2n) is 14.2. The van der Waals surface area contributed by atoms with Crippen LogP contribution in [0.15, 0.2) is 60.9 Å². The minimum atomic E-state index is -0.826. The van der Waals surface area contributed by atoms with E-state index in [0.29, 0.717) is 55.5 Å².